The zero-order valence-electron chi connectivity index (χ0n) is 25.0. The van der Waals surface area contributed by atoms with Gasteiger partial charge < -0.3 is 0 Å². The molecule has 1 aliphatic carbocycles. The molecule has 0 saturated carbocycles. The molecular formula is C40H38P2. The van der Waals surface area contributed by atoms with Gasteiger partial charge in [-0.2, -0.15) is 0 Å². The summed E-state index contributed by atoms with van der Waals surface area (Å²) in [7, 11) is -1.29. The highest BCUT2D eigenvalue weighted by molar-refractivity contribution is 7.77. The van der Waals surface area contributed by atoms with Crippen molar-refractivity contribution >= 4 is 42.6 Å². The second-order valence-corrected chi connectivity index (χ2v) is 15.9. The van der Waals surface area contributed by atoms with E-state index in [0.29, 0.717) is 5.92 Å². The van der Waals surface area contributed by atoms with Gasteiger partial charge in [-0.05, 0) is 87.4 Å². The lowest BCUT2D eigenvalue weighted by atomic mass is 9.97. The number of allylic oxidation sites excluding steroid dienone is 4. The smallest absolute Gasteiger partial charge is 0.0151 e. The number of hydrogen-bond donors (Lipinski definition) is 0. The predicted molar refractivity (Wildman–Crippen MR) is 188 cm³/mol. The maximum absolute atomic E-state index is 2.47. The molecule has 0 nitrogen and oxygen atoms in total. The van der Waals surface area contributed by atoms with Crippen LogP contribution in [0.1, 0.15) is 27.8 Å². The van der Waals surface area contributed by atoms with Crippen LogP contribution >= 0.6 is 15.8 Å². The first kappa shape index (κ1) is 28.6. The van der Waals surface area contributed by atoms with Crippen LogP contribution in [0.5, 0.6) is 0 Å². The molecule has 0 amide bonds. The van der Waals surface area contributed by atoms with E-state index in [2.05, 4.69) is 167 Å². The predicted octanol–water partition coefficient (Wildman–Crippen LogP) is 9.08. The highest BCUT2D eigenvalue weighted by atomic mass is 31.1. The van der Waals surface area contributed by atoms with E-state index in [1.807, 2.05) is 0 Å². The molecule has 2 heteroatoms. The minimum atomic E-state index is -0.682. The molecule has 6 rings (SSSR count). The standard InChI is InChI=1S/C40H38P2/c1-29-22-30(2)25-36(24-29)41(37-26-31(3)23-32(4)27-37)28-39-38(33-14-8-5-9-15-33)20-21-40(39)42(34-16-10-6-11-17-34)35-18-12-7-13-19-35/h5-27,39H,28H2,1-4H3. The van der Waals surface area contributed by atoms with Gasteiger partial charge in [0.15, 0.2) is 0 Å². The molecule has 0 spiro atoms. The van der Waals surface area contributed by atoms with E-state index < -0.39 is 15.8 Å². The van der Waals surface area contributed by atoms with Crippen molar-refractivity contribution in [3.63, 3.8) is 0 Å². The normalized spacial score (nSPS) is 14.8. The average molecular weight is 581 g/mol. The molecular weight excluding hydrogens is 542 g/mol. The molecule has 1 atom stereocenters. The summed E-state index contributed by atoms with van der Waals surface area (Å²) in [5.41, 5.74) is 8.17. The fraction of sp³-hybridized carbons (Fsp3) is 0.150. The summed E-state index contributed by atoms with van der Waals surface area (Å²) < 4.78 is 0. The first-order chi connectivity index (χ1) is 20.5. The summed E-state index contributed by atoms with van der Waals surface area (Å²) in [5, 5.41) is 7.35. The molecule has 0 N–H and O–H groups in total. The van der Waals surface area contributed by atoms with E-state index in [4.69, 9.17) is 0 Å². The van der Waals surface area contributed by atoms with E-state index in [9.17, 15) is 0 Å². The number of hydrogen-bond acceptors (Lipinski definition) is 0. The Balaban J connectivity index is 1.51. The fourth-order valence-electron chi connectivity index (χ4n) is 6.27. The Labute approximate surface area is 254 Å². The molecule has 0 radical (unpaired) electrons. The maximum atomic E-state index is 2.47. The molecule has 5 aromatic rings. The zero-order valence-corrected chi connectivity index (χ0v) is 26.7. The van der Waals surface area contributed by atoms with E-state index >= 15 is 0 Å². The lowest BCUT2D eigenvalue weighted by Gasteiger charge is -2.31. The van der Waals surface area contributed by atoms with Crippen LogP contribution in [-0.4, -0.2) is 6.16 Å². The highest BCUT2D eigenvalue weighted by Crippen LogP contribution is 2.56. The second kappa shape index (κ2) is 12.8. The molecule has 0 bridgehead atoms. The third-order valence-corrected chi connectivity index (χ3v) is 13.1. The van der Waals surface area contributed by atoms with Gasteiger partial charge in [0.2, 0.25) is 0 Å². The molecule has 0 fully saturated rings. The van der Waals surface area contributed by atoms with Crippen molar-refractivity contribution in [3.05, 3.63) is 173 Å². The van der Waals surface area contributed by atoms with Crippen LogP contribution < -0.4 is 21.2 Å². The van der Waals surface area contributed by atoms with Gasteiger partial charge in [0.05, 0.1) is 0 Å². The summed E-state index contributed by atoms with van der Waals surface area (Å²) in [5.74, 6) is 0.326. The van der Waals surface area contributed by atoms with Gasteiger partial charge in [0.25, 0.3) is 0 Å². The topological polar surface area (TPSA) is 0 Å². The van der Waals surface area contributed by atoms with E-state index in [-0.39, 0.29) is 0 Å². The van der Waals surface area contributed by atoms with Crippen LogP contribution in [0.2, 0.25) is 0 Å². The molecule has 0 aliphatic heterocycles. The molecule has 0 heterocycles. The Morgan fingerprint density at radius 2 is 0.905 bits per heavy atom. The summed E-state index contributed by atoms with van der Waals surface area (Å²) in [6.45, 7) is 8.97. The Kier molecular flexibility index (Phi) is 8.67. The van der Waals surface area contributed by atoms with Crippen molar-refractivity contribution in [3.8, 4) is 0 Å². The Morgan fingerprint density at radius 3 is 1.36 bits per heavy atom. The van der Waals surface area contributed by atoms with Crippen LogP contribution in [0.4, 0.5) is 0 Å². The summed E-state index contributed by atoms with van der Waals surface area (Å²) >= 11 is 0. The van der Waals surface area contributed by atoms with Crippen molar-refractivity contribution in [2.24, 2.45) is 5.92 Å². The Morgan fingerprint density at radius 1 is 0.476 bits per heavy atom. The van der Waals surface area contributed by atoms with Crippen LogP contribution in [0.15, 0.2) is 145 Å². The molecule has 5 aromatic carbocycles. The SMILES string of the molecule is Cc1cc(C)cc(P(CC2C(c3ccccc3)=CC=C2P(c2ccccc2)c2ccccc2)c2cc(C)cc(C)c2)c1. The van der Waals surface area contributed by atoms with Crippen LogP contribution in [0.25, 0.3) is 5.57 Å². The van der Waals surface area contributed by atoms with Crippen LogP contribution in [0, 0.1) is 33.6 Å². The quantitative estimate of drug-likeness (QED) is 0.161. The Hall–Kier alpha value is -3.56. The first-order valence-corrected chi connectivity index (χ1v) is 17.6. The minimum Gasteiger partial charge on any atom is -0.0622 e. The van der Waals surface area contributed by atoms with Gasteiger partial charge in [-0.15, -0.1) is 0 Å². The van der Waals surface area contributed by atoms with Crippen molar-refractivity contribution in [2.75, 3.05) is 6.16 Å². The van der Waals surface area contributed by atoms with Gasteiger partial charge in [-0.25, -0.2) is 0 Å². The van der Waals surface area contributed by atoms with Crippen molar-refractivity contribution in [1.82, 2.24) is 0 Å². The van der Waals surface area contributed by atoms with Crippen molar-refractivity contribution in [1.29, 1.82) is 0 Å². The van der Waals surface area contributed by atoms with Gasteiger partial charge >= 0.3 is 0 Å². The third-order valence-electron chi connectivity index (χ3n) is 7.96. The fourth-order valence-corrected chi connectivity index (χ4v) is 11.9. The van der Waals surface area contributed by atoms with E-state index in [0.717, 1.165) is 6.16 Å². The number of rotatable bonds is 8. The van der Waals surface area contributed by atoms with Gasteiger partial charge in [0.1, 0.15) is 0 Å². The zero-order chi connectivity index (χ0) is 29.1. The highest BCUT2D eigenvalue weighted by Gasteiger charge is 2.34. The van der Waals surface area contributed by atoms with Gasteiger partial charge in [0, 0.05) is 5.92 Å². The molecule has 1 unspecified atom stereocenters. The second-order valence-electron chi connectivity index (χ2n) is 11.4. The first-order valence-electron chi connectivity index (χ1n) is 14.8. The van der Waals surface area contributed by atoms with Gasteiger partial charge in [-0.3, -0.25) is 0 Å². The number of benzene rings is 5. The third kappa shape index (κ3) is 6.27. The molecule has 0 saturated heterocycles. The van der Waals surface area contributed by atoms with Crippen LogP contribution in [-0.2, 0) is 0 Å². The van der Waals surface area contributed by atoms with Crippen molar-refractivity contribution in [2.45, 2.75) is 27.7 Å². The molecule has 1 aliphatic rings. The Bertz CT molecular complexity index is 1600. The molecule has 208 valence electrons. The largest absolute Gasteiger partial charge is 0.0622 e. The van der Waals surface area contributed by atoms with Gasteiger partial charge in [-0.1, -0.05) is 162 Å². The molecule has 42 heavy (non-hydrogen) atoms. The number of aryl methyl sites for hydroxylation is 4. The lowest BCUT2D eigenvalue weighted by molar-refractivity contribution is 0.973. The summed E-state index contributed by atoms with van der Waals surface area (Å²) in [6.07, 6.45) is 5.98. The minimum absolute atomic E-state index is 0.326. The van der Waals surface area contributed by atoms with Crippen molar-refractivity contribution < 1.29 is 0 Å². The maximum Gasteiger partial charge on any atom is 0.0151 e. The van der Waals surface area contributed by atoms with Crippen LogP contribution in [0.3, 0.4) is 0 Å². The average Bonchev–Trinajstić information content (AvgIpc) is 3.39. The summed E-state index contributed by atoms with van der Waals surface area (Å²) in [4.78, 5) is 0. The summed E-state index contributed by atoms with van der Waals surface area (Å²) in [6, 6.07) is 47.8. The van der Waals surface area contributed by atoms with E-state index in [1.165, 1.54) is 54.6 Å². The molecule has 0 aromatic heterocycles. The lowest BCUT2D eigenvalue weighted by Crippen LogP contribution is -2.23. The monoisotopic (exact) mass is 580 g/mol. The van der Waals surface area contributed by atoms with E-state index in [1.54, 1.807) is 5.31 Å².